The third-order valence-electron chi connectivity index (χ3n) is 7.32. The summed E-state index contributed by atoms with van der Waals surface area (Å²) in [7, 11) is 1.71. The average molecular weight is 474 g/mol. The average Bonchev–Trinajstić information content (AvgIpc) is 3.31. The number of hydrogen-bond donors (Lipinski definition) is 1. The first-order valence-electron chi connectivity index (χ1n) is 12.0. The minimum atomic E-state index is -0.401. The molecule has 2 aromatic carbocycles. The molecule has 9 nitrogen and oxygen atoms in total. The van der Waals surface area contributed by atoms with Gasteiger partial charge in [-0.2, -0.15) is 0 Å². The molecule has 9 heteroatoms. The second-order valence-electron chi connectivity index (χ2n) is 9.35. The van der Waals surface area contributed by atoms with Crippen molar-refractivity contribution in [1.82, 2.24) is 24.4 Å². The first kappa shape index (κ1) is 21.8. The number of aromatic amines is 1. The van der Waals surface area contributed by atoms with Crippen molar-refractivity contribution in [3.05, 3.63) is 69.3 Å². The Morgan fingerprint density at radius 1 is 1.14 bits per heavy atom. The number of aromatic nitrogens is 4. The van der Waals surface area contributed by atoms with Gasteiger partial charge in [-0.25, -0.2) is 14.8 Å². The van der Waals surface area contributed by atoms with Crippen LogP contribution in [0.4, 0.5) is 0 Å². The summed E-state index contributed by atoms with van der Waals surface area (Å²) in [6.45, 7) is 3.97. The van der Waals surface area contributed by atoms with E-state index in [0.717, 1.165) is 56.0 Å². The maximum absolute atomic E-state index is 13.1. The highest BCUT2D eigenvalue weighted by molar-refractivity contribution is 6.01. The van der Waals surface area contributed by atoms with Crippen LogP contribution in [-0.2, 0) is 6.54 Å². The van der Waals surface area contributed by atoms with Crippen LogP contribution < -0.4 is 20.7 Å². The molecule has 6 rings (SSSR count). The van der Waals surface area contributed by atoms with E-state index in [1.54, 1.807) is 19.4 Å². The fourth-order valence-corrected chi connectivity index (χ4v) is 5.61. The zero-order valence-electron chi connectivity index (χ0n) is 19.6. The van der Waals surface area contributed by atoms with E-state index in [9.17, 15) is 9.59 Å². The number of fused-ring (bicyclic) bond motifs is 6. The smallest absolute Gasteiger partial charge is 0.328 e. The summed E-state index contributed by atoms with van der Waals surface area (Å²) < 4.78 is 12.9. The van der Waals surface area contributed by atoms with E-state index >= 15 is 0 Å². The number of nitrogens with zero attached hydrogens (tertiary/aromatic N) is 4. The van der Waals surface area contributed by atoms with Gasteiger partial charge in [0.1, 0.15) is 17.8 Å². The minimum absolute atomic E-state index is 0.280. The van der Waals surface area contributed by atoms with Crippen LogP contribution in [0.15, 0.2) is 52.4 Å². The lowest BCUT2D eigenvalue weighted by Crippen LogP contribution is -2.35. The van der Waals surface area contributed by atoms with Crippen molar-refractivity contribution in [2.75, 3.05) is 33.4 Å². The quantitative estimate of drug-likeness (QED) is 0.339. The molecule has 0 unspecified atom stereocenters. The van der Waals surface area contributed by atoms with Crippen molar-refractivity contribution >= 4 is 21.8 Å². The molecular weight excluding hydrogens is 446 g/mol. The molecule has 35 heavy (non-hydrogen) atoms. The summed E-state index contributed by atoms with van der Waals surface area (Å²) in [5.74, 6) is 2.68. The SMILES string of the molecule is COc1cccc2c1[C@@H]1CN(CCCCn3c(=O)[nH]c4c(ccc5cncnc54)c3=O)C[C@@H]1CO2. The molecule has 0 bridgehead atoms. The van der Waals surface area contributed by atoms with Crippen molar-refractivity contribution < 1.29 is 9.47 Å². The van der Waals surface area contributed by atoms with Crippen LogP contribution in [0.2, 0.25) is 0 Å². The number of nitrogens with one attached hydrogen (secondary N) is 1. The Bertz CT molecular complexity index is 1510. The molecule has 0 saturated carbocycles. The summed E-state index contributed by atoms with van der Waals surface area (Å²) in [5.41, 5.74) is 1.55. The molecule has 1 saturated heterocycles. The predicted octanol–water partition coefficient (Wildman–Crippen LogP) is 2.53. The molecule has 2 aliphatic rings. The molecule has 1 fully saturated rings. The van der Waals surface area contributed by atoms with E-state index in [-0.39, 0.29) is 5.56 Å². The molecule has 4 heterocycles. The molecule has 180 valence electrons. The normalized spacial score (nSPS) is 19.5. The Morgan fingerprint density at radius 3 is 2.91 bits per heavy atom. The Kier molecular flexibility index (Phi) is 5.49. The van der Waals surface area contributed by atoms with Crippen molar-refractivity contribution in [3.63, 3.8) is 0 Å². The van der Waals surface area contributed by atoms with Gasteiger partial charge >= 0.3 is 5.69 Å². The largest absolute Gasteiger partial charge is 0.496 e. The summed E-state index contributed by atoms with van der Waals surface area (Å²) in [6, 6.07) is 9.53. The van der Waals surface area contributed by atoms with Gasteiger partial charge in [-0.15, -0.1) is 0 Å². The van der Waals surface area contributed by atoms with Crippen LogP contribution in [0.25, 0.3) is 21.8 Å². The van der Waals surface area contributed by atoms with Crippen LogP contribution in [0.1, 0.15) is 24.3 Å². The van der Waals surface area contributed by atoms with Crippen LogP contribution in [-0.4, -0.2) is 57.8 Å². The molecule has 2 aromatic heterocycles. The summed E-state index contributed by atoms with van der Waals surface area (Å²) in [5, 5.41) is 1.25. The van der Waals surface area contributed by atoms with E-state index in [4.69, 9.17) is 9.47 Å². The first-order chi connectivity index (χ1) is 17.1. The highest BCUT2D eigenvalue weighted by Crippen LogP contribution is 2.46. The van der Waals surface area contributed by atoms with Gasteiger partial charge in [0.2, 0.25) is 0 Å². The Balaban J connectivity index is 1.13. The third-order valence-corrected chi connectivity index (χ3v) is 7.32. The lowest BCUT2D eigenvalue weighted by atomic mass is 9.86. The fraction of sp³-hybridized carbons (Fsp3) is 0.385. The van der Waals surface area contributed by atoms with Crippen LogP contribution in [0.5, 0.6) is 11.5 Å². The van der Waals surface area contributed by atoms with Crippen molar-refractivity contribution in [3.8, 4) is 11.5 Å². The standard InChI is InChI=1S/C26H27N5O4/c1-34-20-5-4-6-21-22(20)19-13-30(12-17(19)14-35-21)9-2-3-10-31-25(32)18-8-7-16-11-27-15-28-23(16)24(18)29-26(31)33/h4-8,11,15,17,19H,2-3,9-10,12-14H2,1H3,(H,29,33)/t17-,19-/m1/s1. The zero-order chi connectivity index (χ0) is 23.9. The molecular formula is C26H27N5O4. The summed E-state index contributed by atoms with van der Waals surface area (Å²) in [6.07, 6.45) is 4.72. The molecule has 0 amide bonds. The number of H-pyrrole nitrogens is 1. The van der Waals surface area contributed by atoms with Crippen LogP contribution in [0.3, 0.4) is 0 Å². The number of hydrogen-bond acceptors (Lipinski definition) is 7. The Hall–Kier alpha value is -3.72. The van der Waals surface area contributed by atoms with E-state index < -0.39 is 5.69 Å². The highest BCUT2D eigenvalue weighted by Gasteiger charge is 2.40. The molecule has 1 N–H and O–H groups in total. The molecule has 0 radical (unpaired) electrons. The summed E-state index contributed by atoms with van der Waals surface area (Å²) in [4.78, 5) is 39.3. The van der Waals surface area contributed by atoms with E-state index in [0.29, 0.717) is 34.8 Å². The van der Waals surface area contributed by atoms with E-state index in [2.05, 4.69) is 19.9 Å². The molecule has 2 aliphatic heterocycles. The van der Waals surface area contributed by atoms with Gasteiger partial charge in [-0.05, 0) is 37.6 Å². The number of rotatable bonds is 6. The summed E-state index contributed by atoms with van der Waals surface area (Å²) >= 11 is 0. The molecule has 4 aromatic rings. The van der Waals surface area contributed by atoms with Gasteiger partial charge in [0.15, 0.2) is 0 Å². The number of methoxy groups -OCH3 is 1. The zero-order valence-corrected chi connectivity index (χ0v) is 19.6. The van der Waals surface area contributed by atoms with Crippen molar-refractivity contribution in [2.24, 2.45) is 5.92 Å². The lowest BCUT2D eigenvalue weighted by molar-refractivity contribution is 0.209. The fourth-order valence-electron chi connectivity index (χ4n) is 5.61. The Morgan fingerprint density at radius 2 is 2.03 bits per heavy atom. The van der Waals surface area contributed by atoms with Gasteiger partial charge < -0.3 is 19.4 Å². The molecule has 0 aliphatic carbocycles. The number of benzene rings is 2. The maximum atomic E-state index is 13.1. The minimum Gasteiger partial charge on any atom is -0.496 e. The van der Waals surface area contributed by atoms with Crippen molar-refractivity contribution in [2.45, 2.75) is 25.3 Å². The van der Waals surface area contributed by atoms with Crippen LogP contribution >= 0.6 is 0 Å². The van der Waals surface area contributed by atoms with Crippen molar-refractivity contribution in [1.29, 1.82) is 0 Å². The third kappa shape index (κ3) is 3.76. The van der Waals surface area contributed by atoms with E-state index in [1.807, 2.05) is 24.3 Å². The van der Waals surface area contributed by atoms with Gasteiger partial charge in [0, 0.05) is 48.6 Å². The number of unbranched alkanes of at least 4 members (excludes halogenated alkanes) is 1. The van der Waals surface area contributed by atoms with Gasteiger partial charge in [-0.3, -0.25) is 9.36 Å². The molecule has 0 spiro atoms. The highest BCUT2D eigenvalue weighted by atomic mass is 16.5. The second-order valence-corrected chi connectivity index (χ2v) is 9.35. The second kappa shape index (κ2) is 8.81. The topological polar surface area (TPSA) is 102 Å². The van der Waals surface area contributed by atoms with Gasteiger partial charge in [-0.1, -0.05) is 12.1 Å². The van der Waals surface area contributed by atoms with E-state index in [1.165, 1.54) is 16.5 Å². The predicted molar refractivity (Wildman–Crippen MR) is 132 cm³/mol. The molecule has 2 atom stereocenters. The van der Waals surface area contributed by atoms with Gasteiger partial charge in [0.05, 0.1) is 30.1 Å². The first-order valence-corrected chi connectivity index (χ1v) is 12.0. The number of ether oxygens (including phenoxy) is 2. The van der Waals surface area contributed by atoms with Gasteiger partial charge in [0.25, 0.3) is 5.56 Å². The maximum Gasteiger partial charge on any atom is 0.328 e. The lowest BCUT2D eigenvalue weighted by Gasteiger charge is -2.29. The number of likely N-dealkylation sites (tertiary alicyclic amines) is 1. The Labute approximate surface area is 201 Å². The monoisotopic (exact) mass is 473 g/mol. The van der Waals surface area contributed by atoms with Crippen LogP contribution in [0, 0.1) is 5.92 Å².